The summed E-state index contributed by atoms with van der Waals surface area (Å²) in [7, 11) is 0. The Labute approximate surface area is 90.1 Å². The Morgan fingerprint density at radius 1 is 1.60 bits per heavy atom. The molecular formula is C11H17NO3. The zero-order valence-electron chi connectivity index (χ0n) is 9.36. The van der Waals surface area contributed by atoms with Gasteiger partial charge in [0.15, 0.2) is 6.04 Å². The first-order valence-electron chi connectivity index (χ1n) is 4.99. The molecule has 1 saturated heterocycles. The maximum absolute atomic E-state index is 11.3. The first kappa shape index (κ1) is 12.0. The van der Waals surface area contributed by atoms with E-state index in [4.69, 9.17) is 6.42 Å². The predicted molar refractivity (Wildman–Crippen MR) is 53.5 cm³/mol. The molecule has 1 N–H and O–H groups in total. The molecular weight excluding hydrogens is 194 g/mol. The van der Waals surface area contributed by atoms with Crippen molar-refractivity contribution in [2.45, 2.75) is 44.9 Å². The number of rotatable bonds is 0. The highest BCUT2D eigenvalue weighted by Crippen LogP contribution is 2.36. The van der Waals surface area contributed by atoms with Crippen LogP contribution in [0.15, 0.2) is 0 Å². The summed E-state index contributed by atoms with van der Waals surface area (Å²) < 4.78 is -0.356. The molecule has 0 aromatic heterocycles. The molecule has 1 heterocycles. The quantitative estimate of drug-likeness (QED) is 0.442. The van der Waals surface area contributed by atoms with Crippen LogP contribution in [0.3, 0.4) is 0 Å². The molecule has 0 aromatic rings. The molecule has 0 saturated carbocycles. The highest BCUT2D eigenvalue weighted by molar-refractivity contribution is 5.56. The molecule has 15 heavy (non-hydrogen) atoms. The van der Waals surface area contributed by atoms with E-state index in [0.717, 1.165) is 0 Å². The number of carboxylic acid groups (broad SMARTS) is 1. The molecule has 1 rings (SSSR count). The Balaban J connectivity index is 3.24. The number of hydrogen-bond donors (Lipinski definition) is 1. The summed E-state index contributed by atoms with van der Waals surface area (Å²) in [5, 5.41) is 20.9. The van der Waals surface area contributed by atoms with Crippen LogP contribution in [0.2, 0.25) is 0 Å². The Hall–Kier alpha value is -1.05. The second-order valence-corrected chi connectivity index (χ2v) is 5.06. The number of aliphatic hydroxyl groups is 1. The minimum Gasteiger partial charge on any atom is -0.498 e. The van der Waals surface area contributed by atoms with Crippen molar-refractivity contribution < 1.29 is 19.5 Å². The first-order valence-corrected chi connectivity index (χ1v) is 4.99. The fourth-order valence-corrected chi connectivity index (χ4v) is 2.38. The third kappa shape index (κ3) is 1.62. The number of carbonyl (C=O) groups excluding carboxylic acids is 1. The molecule has 1 aliphatic rings. The Morgan fingerprint density at radius 3 is 2.40 bits per heavy atom. The fraction of sp³-hybridized carbons (Fsp3) is 0.727. The van der Waals surface area contributed by atoms with Crippen molar-refractivity contribution in [3.63, 3.8) is 0 Å². The second-order valence-electron chi connectivity index (χ2n) is 5.06. The normalized spacial score (nSPS) is 36.2. The summed E-state index contributed by atoms with van der Waals surface area (Å²) in [6.45, 7) is 5.52. The van der Waals surface area contributed by atoms with Gasteiger partial charge in [0.25, 0.3) is 6.09 Å². The van der Waals surface area contributed by atoms with Crippen LogP contribution in [-0.4, -0.2) is 39.9 Å². The molecule has 3 atom stereocenters. The van der Waals surface area contributed by atoms with Crippen LogP contribution in [0, 0.1) is 12.3 Å². The maximum Gasteiger partial charge on any atom is 0.258 e. The van der Waals surface area contributed by atoms with Crippen molar-refractivity contribution >= 4 is 6.09 Å². The summed E-state index contributed by atoms with van der Waals surface area (Å²) in [6, 6.07) is -0.509. The van der Waals surface area contributed by atoms with Gasteiger partial charge in [-0.25, -0.2) is 0 Å². The maximum atomic E-state index is 11.3. The molecule has 4 nitrogen and oxygen atoms in total. The van der Waals surface area contributed by atoms with Gasteiger partial charge < -0.3 is 15.0 Å². The van der Waals surface area contributed by atoms with Crippen molar-refractivity contribution in [2.75, 3.05) is 6.54 Å². The molecule has 1 aliphatic heterocycles. The number of carbonyl (C=O) groups is 1. The summed E-state index contributed by atoms with van der Waals surface area (Å²) >= 11 is 0. The van der Waals surface area contributed by atoms with E-state index in [1.165, 1.54) is 0 Å². The van der Waals surface area contributed by atoms with Gasteiger partial charge in [-0.3, -0.25) is 4.48 Å². The van der Waals surface area contributed by atoms with Crippen LogP contribution in [0.1, 0.15) is 27.2 Å². The van der Waals surface area contributed by atoms with Gasteiger partial charge in [-0.05, 0) is 26.7 Å². The summed E-state index contributed by atoms with van der Waals surface area (Å²) in [5.41, 5.74) is -0.576. The summed E-state index contributed by atoms with van der Waals surface area (Å²) in [5.74, 6) is 2.46. The minimum absolute atomic E-state index is 0.126. The van der Waals surface area contributed by atoms with E-state index in [9.17, 15) is 15.0 Å². The molecule has 0 radical (unpaired) electrons. The van der Waals surface area contributed by atoms with E-state index in [1.807, 2.05) is 0 Å². The van der Waals surface area contributed by atoms with E-state index in [2.05, 4.69) is 5.92 Å². The number of terminal acetylenes is 1. The average Bonchev–Trinajstić information content (AvgIpc) is 2.42. The minimum atomic E-state index is -1.21. The fourth-order valence-electron chi connectivity index (χ4n) is 2.38. The van der Waals surface area contributed by atoms with Gasteiger partial charge in [-0.2, -0.15) is 0 Å². The molecule has 0 bridgehead atoms. The van der Waals surface area contributed by atoms with E-state index >= 15 is 0 Å². The van der Waals surface area contributed by atoms with Crippen LogP contribution in [-0.2, 0) is 0 Å². The third-order valence-corrected chi connectivity index (χ3v) is 3.24. The van der Waals surface area contributed by atoms with Crippen molar-refractivity contribution in [1.82, 2.24) is 0 Å². The SMILES string of the molecule is C#C[C@H]1C[C@@H](O)C[N+]1(C(=O)[O-])C(C)(C)C. The monoisotopic (exact) mass is 211 g/mol. The number of likely N-dealkylation sites (tertiary alicyclic amines) is 1. The molecule has 1 amide bonds. The van der Waals surface area contributed by atoms with Gasteiger partial charge in [0, 0.05) is 6.42 Å². The average molecular weight is 211 g/mol. The van der Waals surface area contributed by atoms with Crippen LogP contribution in [0.25, 0.3) is 0 Å². The van der Waals surface area contributed by atoms with Crippen LogP contribution in [0.5, 0.6) is 0 Å². The van der Waals surface area contributed by atoms with Crippen LogP contribution < -0.4 is 5.11 Å². The largest absolute Gasteiger partial charge is 0.498 e. The Kier molecular flexibility index (Phi) is 2.81. The van der Waals surface area contributed by atoms with Gasteiger partial charge in [0.2, 0.25) is 0 Å². The second kappa shape index (κ2) is 3.51. The lowest BCUT2D eigenvalue weighted by atomic mass is 10.00. The van der Waals surface area contributed by atoms with Crippen molar-refractivity contribution in [2.24, 2.45) is 0 Å². The Bertz CT molecular complexity index is 313. The van der Waals surface area contributed by atoms with Gasteiger partial charge in [-0.15, -0.1) is 6.42 Å². The van der Waals surface area contributed by atoms with E-state index in [1.54, 1.807) is 20.8 Å². The number of hydrogen-bond acceptors (Lipinski definition) is 3. The lowest BCUT2D eigenvalue weighted by Crippen LogP contribution is -2.69. The van der Waals surface area contributed by atoms with Crippen LogP contribution >= 0.6 is 0 Å². The van der Waals surface area contributed by atoms with E-state index in [0.29, 0.717) is 6.42 Å². The molecule has 0 spiro atoms. The summed E-state index contributed by atoms with van der Waals surface area (Å²) in [6.07, 6.45) is 3.79. The number of amides is 1. The predicted octanol–water partition coefficient (Wildman–Crippen LogP) is -0.289. The van der Waals surface area contributed by atoms with Crippen LogP contribution in [0.4, 0.5) is 4.79 Å². The lowest BCUT2D eigenvalue weighted by Gasteiger charge is -2.47. The van der Waals surface area contributed by atoms with Gasteiger partial charge in [-0.1, -0.05) is 0 Å². The van der Waals surface area contributed by atoms with Crippen molar-refractivity contribution in [3.8, 4) is 12.3 Å². The Morgan fingerprint density at radius 2 is 2.13 bits per heavy atom. The zero-order valence-corrected chi connectivity index (χ0v) is 9.36. The molecule has 4 heteroatoms. The molecule has 0 aromatic carbocycles. The first-order chi connectivity index (χ1) is 6.75. The highest BCUT2D eigenvalue weighted by atomic mass is 16.4. The number of aliphatic hydroxyl groups excluding tert-OH is 1. The van der Waals surface area contributed by atoms with Gasteiger partial charge >= 0.3 is 0 Å². The standard InChI is InChI=1S/C11H17NO3/c1-5-8-6-9(13)7-12(8,10(14)15)11(2,3)4/h1,8-9,13H,6-7H2,2-4H3/t8-,9+,12?/m0/s1. The van der Waals surface area contributed by atoms with Crippen molar-refractivity contribution in [3.05, 3.63) is 0 Å². The van der Waals surface area contributed by atoms with E-state index < -0.39 is 23.8 Å². The smallest absolute Gasteiger partial charge is 0.258 e. The molecule has 1 fully saturated rings. The number of quaternary nitrogens is 1. The zero-order chi connectivity index (χ0) is 11.9. The molecule has 84 valence electrons. The number of nitrogens with zero attached hydrogens (tertiary/aromatic N) is 1. The van der Waals surface area contributed by atoms with Gasteiger partial charge in [0.05, 0.1) is 5.54 Å². The third-order valence-electron chi connectivity index (χ3n) is 3.24. The van der Waals surface area contributed by atoms with E-state index in [-0.39, 0.29) is 11.0 Å². The summed E-state index contributed by atoms with van der Waals surface area (Å²) in [4.78, 5) is 11.3. The highest BCUT2D eigenvalue weighted by Gasteiger charge is 2.54. The topological polar surface area (TPSA) is 60.4 Å². The molecule has 0 aliphatic carbocycles. The van der Waals surface area contributed by atoms with Crippen molar-refractivity contribution in [1.29, 1.82) is 0 Å². The van der Waals surface area contributed by atoms with Gasteiger partial charge in [0.1, 0.15) is 12.6 Å². The molecule has 1 unspecified atom stereocenters. The lowest BCUT2D eigenvalue weighted by molar-refractivity contribution is -0.924.